The summed E-state index contributed by atoms with van der Waals surface area (Å²) < 4.78 is 0. The van der Waals surface area contributed by atoms with Crippen LogP contribution in [0, 0.1) is 0 Å². The summed E-state index contributed by atoms with van der Waals surface area (Å²) in [6, 6.07) is 3.46. The highest BCUT2D eigenvalue weighted by atomic mass is 16.4. The maximum Gasteiger partial charge on any atom is 0.329 e. The van der Waals surface area contributed by atoms with Crippen LogP contribution < -0.4 is 5.32 Å². The monoisotopic (exact) mass is 253 g/mol. The average molecular weight is 253 g/mol. The van der Waals surface area contributed by atoms with E-state index in [1.165, 1.54) is 13.0 Å². The van der Waals surface area contributed by atoms with Gasteiger partial charge in [-0.25, -0.2) is 4.79 Å². The molecule has 0 aliphatic heterocycles. The van der Waals surface area contributed by atoms with E-state index >= 15 is 0 Å². The smallest absolute Gasteiger partial charge is 0.329 e. The van der Waals surface area contributed by atoms with Crippen molar-refractivity contribution in [3.63, 3.8) is 0 Å². The summed E-state index contributed by atoms with van der Waals surface area (Å²) in [5.41, 5.74) is -1.59. The van der Waals surface area contributed by atoms with Gasteiger partial charge in [0.15, 0.2) is 0 Å². The predicted octanol–water partition coefficient (Wildman–Crippen LogP) is 1.08. The molecule has 0 spiro atoms. The van der Waals surface area contributed by atoms with E-state index in [9.17, 15) is 19.8 Å². The molecule has 0 radical (unpaired) electrons. The SMILES string of the molecule is CCC(C)(NC(=O)c1cc(O)ccc1O)C(=O)O. The number of aliphatic carboxylic acids is 1. The van der Waals surface area contributed by atoms with Crippen LogP contribution in [-0.4, -0.2) is 32.7 Å². The second kappa shape index (κ2) is 4.95. The lowest BCUT2D eigenvalue weighted by molar-refractivity contribution is -0.143. The fourth-order valence-electron chi connectivity index (χ4n) is 1.32. The largest absolute Gasteiger partial charge is 0.508 e. The lowest BCUT2D eigenvalue weighted by Crippen LogP contribution is -2.51. The second-order valence-corrected chi connectivity index (χ2v) is 4.15. The van der Waals surface area contributed by atoms with Crippen molar-refractivity contribution >= 4 is 11.9 Å². The number of hydrogen-bond acceptors (Lipinski definition) is 4. The molecule has 0 saturated heterocycles. The van der Waals surface area contributed by atoms with Crippen molar-refractivity contribution in [2.45, 2.75) is 25.8 Å². The molecule has 4 N–H and O–H groups in total. The van der Waals surface area contributed by atoms with Crippen molar-refractivity contribution in [3.8, 4) is 11.5 Å². The standard InChI is InChI=1S/C12H15NO5/c1-3-12(2,11(17)18)13-10(16)8-6-7(14)4-5-9(8)15/h4-6,14-15H,3H2,1-2H3,(H,13,16)(H,17,18). The summed E-state index contributed by atoms with van der Waals surface area (Å²) in [5.74, 6) is -2.44. The van der Waals surface area contributed by atoms with Crippen molar-refractivity contribution in [1.82, 2.24) is 5.32 Å². The highest BCUT2D eigenvalue weighted by Gasteiger charge is 2.33. The molecule has 1 aromatic rings. The van der Waals surface area contributed by atoms with E-state index in [4.69, 9.17) is 5.11 Å². The first-order valence-corrected chi connectivity index (χ1v) is 5.38. The van der Waals surface area contributed by atoms with Gasteiger partial charge in [0.2, 0.25) is 0 Å². The maximum atomic E-state index is 11.9. The topological polar surface area (TPSA) is 107 Å². The van der Waals surface area contributed by atoms with Crippen molar-refractivity contribution < 1.29 is 24.9 Å². The van der Waals surface area contributed by atoms with Crippen LogP contribution in [0.15, 0.2) is 18.2 Å². The number of aromatic hydroxyl groups is 2. The molecule has 0 aromatic heterocycles. The van der Waals surface area contributed by atoms with Crippen molar-refractivity contribution in [3.05, 3.63) is 23.8 Å². The molecule has 0 heterocycles. The number of hydrogen-bond donors (Lipinski definition) is 4. The zero-order valence-corrected chi connectivity index (χ0v) is 10.1. The number of carboxylic acids is 1. The quantitative estimate of drug-likeness (QED) is 0.601. The van der Waals surface area contributed by atoms with Crippen molar-refractivity contribution in [2.75, 3.05) is 0 Å². The number of carboxylic acid groups (broad SMARTS) is 1. The first-order chi connectivity index (χ1) is 8.30. The fraction of sp³-hybridized carbons (Fsp3) is 0.333. The molecule has 98 valence electrons. The number of rotatable bonds is 4. The molecular weight excluding hydrogens is 238 g/mol. The average Bonchev–Trinajstić information content (AvgIpc) is 2.31. The van der Waals surface area contributed by atoms with E-state index in [1.54, 1.807) is 6.92 Å². The van der Waals surface area contributed by atoms with Crippen molar-refractivity contribution in [2.24, 2.45) is 0 Å². The summed E-state index contributed by atoms with van der Waals surface area (Å²) in [6.45, 7) is 2.99. The van der Waals surface area contributed by atoms with Gasteiger partial charge in [0.1, 0.15) is 17.0 Å². The van der Waals surface area contributed by atoms with Gasteiger partial charge in [0.25, 0.3) is 5.91 Å². The van der Waals surface area contributed by atoms with Gasteiger partial charge in [-0.3, -0.25) is 4.79 Å². The summed E-state index contributed by atoms with van der Waals surface area (Å²) in [6.07, 6.45) is 0.188. The number of nitrogens with one attached hydrogen (secondary N) is 1. The molecule has 18 heavy (non-hydrogen) atoms. The Morgan fingerprint density at radius 3 is 2.44 bits per heavy atom. The lowest BCUT2D eigenvalue weighted by atomic mass is 9.98. The molecular formula is C12H15NO5. The van der Waals surface area contributed by atoms with Crippen LogP contribution in [0.3, 0.4) is 0 Å². The summed E-state index contributed by atoms with van der Waals surface area (Å²) in [7, 11) is 0. The van der Waals surface area contributed by atoms with Gasteiger partial charge in [-0.2, -0.15) is 0 Å². The lowest BCUT2D eigenvalue weighted by Gasteiger charge is -2.24. The zero-order valence-electron chi connectivity index (χ0n) is 10.1. The van der Waals surface area contributed by atoms with Gasteiger partial charge in [-0.05, 0) is 31.5 Å². The van der Waals surface area contributed by atoms with Gasteiger partial charge < -0.3 is 20.6 Å². The van der Waals surface area contributed by atoms with Crippen LogP contribution in [-0.2, 0) is 4.79 Å². The molecule has 0 aliphatic rings. The molecule has 6 heteroatoms. The van der Waals surface area contributed by atoms with E-state index in [0.29, 0.717) is 0 Å². The van der Waals surface area contributed by atoms with Crippen LogP contribution in [0.1, 0.15) is 30.6 Å². The third-order valence-electron chi connectivity index (χ3n) is 2.79. The predicted molar refractivity (Wildman–Crippen MR) is 63.6 cm³/mol. The highest BCUT2D eigenvalue weighted by molar-refractivity contribution is 6.00. The Bertz CT molecular complexity index is 485. The highest BCUT2D eigenvalue weighted by Crippen LogP contribution is 2.23. The fourth-order valence-corrected chi connectivity index (χ4v) is 1.32. The zero-order chi connectivity index (χ0) is 13.9. The number of phenols is 2. The second-order valence-electron chi connectivity index (χ2n) is 4.15. The summed E-state index contributed by atoms with van der Waals surface area (Å²) >= 11 is 0. The van der Waals surface area contributed by atoms with Gasteiger partial charge in [-0.15, -0.1) is 0 Å². The molecule has 0 aliphatic carbocycles. The van der Waals surface area contributed by atoms with E-state index < -0.39 is 17.4 Å². The molecule has 0 fully saturated rings. The summed E-state index contributed by atoms with van der Waals surface area (Å²) in [5, 5.41) is 30.1. The molecule has 1 aromatic carbocycles. The number of amides is 1. The Hall–Kier alpha value is -2.24. The van der Waals surface area contributed by atoms with Gasteiger partial charge >= 0.3 is 5.97 Å². The number of carbonyl (C=O) groups is 2. The molecule has 1 unspecified atom stereocenters. The molecule has 0 saturated carbocycles. The minimum Gasteiger partial charge on any atom is -0.508 e. The third kappa shape index (κ3) is 2.71. The number of benzene rings is 1. The first-order valence-electron chi connectivity index (χ1n) is 5.38. The minimum atomic E-state index is -1.42. The Morgan fingerprint density at radius 2 is 1.94 bits per heavy atom. The maximum absolute atomic E-state index is 11.9. The Kier molecular flexibility index (Phi) is 3.80. The third-order valence-corrected chi connectivity index (χ3v) is 2.79. The van der Waals surface area contributed by atoms with Crippen LogP contribution in [0.5, 0.6) is 11.5 Å². The van der Waals surface area contributed by atoms with Gasteiger partial charge in [-0.1, -0.05) is 6.92 Å². The van der Waals surface area contributed by atoms with Gasteiger partial charge in [0, 0.05) is 0 Å². The molecule has 6 nitrogen and oxygen atoms in total. The van der Waals surface area contributed by atoms with Crippen LogP contribution >= 0.6 is 0 Å². The molecule has 0 bridgehead atoms. The van der Waals surface area contributed by atoms with E-state index in [1.807, 2.05) is 0 Å². The number of carbonyl (C=O) groups excluding carboxylic acids is 1. The molecule has 1 amide bonds. The molecule has 1 rings (SSSR count). The van der Waals surface area contributed by atoms with Gasteiger partial charge in [0.05, 0.1) is 5.56 Å². The summed E-state index contributed by atoms with van der Waals surface area (Å²) in [4.78, 5) is 22.9. The van der Waals surface area contributed by atoms with Crippen LogP contribution in [0.4, 0.5) is 0 Å². The number of phenolic OH excluding ortho intramolecular Hbond substituents is 2. The normalized spacial score (nSPS) is 13.7. The van der Waals surface area contributed by atoms with Crippen LogP contribution in [0.25, 0.3) is 0 Å². The van der Waals surface area contributed by atoms with E-state index in [2.05, 4.69) is 5.32 Å². The van der Waals surface area contributed by atoms with Crippen molar-refractivity contribution in [1.29, 1.82) is 0 Å². The van der Waals surface area contributed by atoms with Crippen LogP contribution in [0.2, 0.25) is 0 Å². The molecule has 1 atom stereocenters. The minimum absolute atomic E-state index is 0.170. The Morgan fingerprint density at radius 1 is 1.33 bits per heavy atom. The first kappa shape index (κ1) is 13.8. The van der Waals surface area contributed by atoms with E-state index in [0.717, 1.165) is 12.1 Å². The Labute approximate surface area is 104 Å². The van der Waals surface area contributed by atoms with E-state index in [-0.39, 0.29) is 23.5 Å². The Balaban J connectivity index is 3.02.